The lowest BCUT2D eigenvalue weighted by molar-refractivity contribution is 0.292. The van der Waals surface area contributed by atoms with Crippen molar-refractivity contribution in [3.8, 4) is 11.5 Å². The van der Waals surface area contributed by atoms with E-state index in [1.165, 1.54) is 0 Å². The van der Waals surface area contributed by atoms with Crippen molar-refractivity contribution < 1.29 is 14.6 Å². The number of aliphatic hydroxyl groups excluding tert-OH is 1. The van der Waals surface area contributed by atoms with Gasteiger partial charge in [0, 0.05) is 13.1 Å². The number of nitrogens with one attached hydrogen (secondary N) is 1. The first-order chi connectivity index (χ1) is 8.72. The molecule has 0 amide bonds. The predicted octanol–water partition coefficient (Wildman–Crippen LogP) is 2.42. The minimum Gasteiger partial charge on any atom is -0.493 e. The lowest BCUT2D eigenvalue weighted by atomic mass is 10.2. The van der Waals surface area contributed by atoms with E-state index in [9.17, 15) is 0 Å². The number of hydrogen-bond donors (Lipinski definition) is 2. The van der Waals surface area contributed by atoms with Crippen molar-refractivity contribution in [3.63, 3.8) is 0 Å². The van der Waals surface area contributed by atoms with Crippen molar-refractivity contribution in [1.29, 1.82) is 0 Å². The summed E-state index contributed by atoms with van der Waals surface area (Å²) < 4.78 is 10.7. The van der Waals surface area contributed by atoms with Crippen LogP contribution in [0.15, 0.2) is 24.8 Å². The Hall–Kier alpha value is -0.940. The minimum atomic E-state index is 0. The zero-order chi connectivity index (χ0) is 13.4. The van der Waals surface area contributed by atoms with E-state index in [0.717, 1.165) is 5.56 Å². The summed E-state index contributed by atoms with van der Waals surface area (Å²) in [6.45, 7) is 5.21. The molecule has 0 fully saturated rings. The zero-order valence-electron chi connectivity index (χ0n) is 10.8. The Balaban J connectivity index is 0.00000324. The molecule has 0 heterocycles. The summed E-state index contributed by atoms with van der Waals surface area (Å²) in [5.41, 5.74) is 0.969. The molecule has 6 heteroatoms. The number of methoxy groups -OCH3 is 1. The molecule has 1 rings (SSSR count). The third-order valence-electron chi connectivity index (χ3n) is 2.25. The molecule has 0 aliphatic carbocycles. The van der Waals surface area contributed by atoms with Crippen molar-refractivity contribution in [2.75, 3.05) is 26.9 Å². The molecule has 0 aliphatic rings. The average molecular weight is 308 g/mol. The topological polar surface area (TPSA) is 50.7 Å². The Labute approximate surface area is 124 Å². The minimum absolute atomic E-state index is 0. The van der Waals surface area contributed by atoms with E-state index in [1.807, 2.05) is 12.1 Å². The van der Waals surface area contributed by atoms with Crippen LogP contribution in [0.3, 0.4) is 0 Å². The second-order valence-corrected chi connectivity index (χ2v) is 4.02. The Morgan fingerprint density at radius 3 is 2.79 bits per heavy atom. The van der Waals surface area contributed by atoms with Gasteiger partial charge in [-0.15, -0.1) is 12.4 Å². The van der Waals surface area contributed by atoms with Crippen molar-refractivity contribution in [3.05, 3.63) is 35.4 Å². The Kier molecular flexibility index (Phi) is 9.43. The van der Waals surface area contributed by atoms with Crippen molar-refractivity contribution in [2.24, 2.45) is 0 Å². The van der Waals surface area contributed by atoms with Gasteiger partial charge in [0.15, 0.2) is 11.5 Å². The summed E-state index contributed by atoms with van der Waals surface area (Å²) >= 11 is 6.15. The molecule has 2 N–H and O–H groups in total. The van der Waals surface area contributed by atoms with Crippen molar-refractivity contribution in [1.82, 2.24) is 5.32 Å². The maximum atomic E-state index is 8.70. The summed E-state index contributed by atoms with van der Waals surface area (Å²) in [5, 5.41) is 12.3. The molecular weight excluding hydrogens is 289 g/mol. The third-order valence-corrected chi connectivity index (χ3v) is 2.53. The SMILES string of the molecule is C=CCOc1c(Cl)cc(CNCCO)cc1OC.Cl. The summed E-state index contributed by atoms with van der Waals surface area (Å²) in [6, 6.07) is 3.67. The van der Waals surface area contributed by atoms with Gasteiger partial charge in [0.25, 0.3) is 0 Å². The molecule has 1 aromatic carbocycles. The molecule has 108 valence electrons. The van der Waals surface area contributed by atoms with Gasteiger partial charge in [0.2, 0.25) is 0 Å². The molecule has 4 nitrogen and oxygen atoms in total. The molecule has 0 aromatic heterocycles. The fourth-order valence-corrected chi connectivity index (χ4v) is 1.76. The van der Waals surface area contributed by atoms with Gasteiger partial charge >= 0.3 is 0 Å². The molecule has 0 bridgehead atoms. The molecule has 1 aromatic rings. The molecule has 0 unspecified atom stereocenters. The standard InChI is InChI=1S/C13H18ClNO3.ClH/c1-3-6-18-13-11(14)7-10(8-12(13)17-2)9-15-4-5-16;/h3,7-8,15-16H,1,4-6,9H2,2H3;1H. The van der Waals surface area contributed by atoms with Crippen molar-refractivity contribution in [2.45, 2.75) is 6.54 Å². The van der Waals surface area contributed by atoms with Gasteiger partial charge in [-0.3, -0.25) is 0 Å². The molecule has 19 heavy (non-hydrogen) atoms. The van der Waals surface area contributed by atoms with Gasteiger partial charge in [-0.1, -0.05) is 24.3 Å². The third kappa shape index (κ3) is 5.70. The van der Waals surface area contributed by atoms with Crippen LogP contribution in [-0.4, -0.2) is 32.0 Å². The highest BCUT2D eigenvalue weighted by molar-refractivity contribution is 6.32. The van der Waals surface area contributed by atoms with Crippen LogP contribution in [0.25, 0.3) is 0 Å². The summed E-state index contributed by atoms with van der Waals surface area (Å²) in [7, 11) is 1.57. The summed E-state index contributed by atoms with van der Waals surface area (Å²) in [6.07, 6.45) is 1.65. The highest BCUT2D eigenvalue weighted by atomic mass is 35.5. The summed E-state index contributed by atoms with van der Waals surface area (Å²) in [5.74, 6) is 1.11. The van der Waals surface area contributed by atoms with E-state index >= 15 is 0 Å². The number of ether oxygens (including phenoxy) is 2. The zero-order valence-corrected chi connectivity index (χ0v) is 12.4. The van der Waals surface area contributed by atoms with Gasteiger partial charge in [-0.05, 0) is 17.7 Å². The average Bonchev–Trinajstić information content (AvgIpc) is 2.37. The maximum Gasteiger partial charge on any atom is 0.180 e. The highest BCUT2D eigenvalue weighted by Crippen LogP contribution is 2.36. The second-order valence-electron chi connectivity index (χ2n) is 3.61. The first-order valence-electron chi connectivity index (χ1n) is 5.64. The van der Waals surface area contributed by atoms with Gasteiger partial charge < -0.3 is 19.9 Å². The predicted molar refractivity (Wildman–Crippen MR) is 79.7 cm³/mol. The van der Waals surface area contributed by atoms with Gasteiger partial charge in [-0.25, -0.2) is 0 Å². The van der Waals surface area contributed by atoms with Crippen LogP contribution in [0, 0.1) is 0 Å². The van der Waals surface area contributed by atoms with E-state index in [4.69, 9.17) is 26.2 Å². The first-order valence-corrected chi connectivity index (χ1v) is 6.02. The molecule has 0 saturated carbocycles. The molecule has 0 spiro atoms. The van der Waals surface area contributed by atoms with E-state index in [1.54, 1.807) is 13.2 Å². The molecule has 0 saturated heterocycles. The Morgan fingerprint density at radius 1 is 1.47 bits per heavy atom. The normalized spacial score (nSPS) is 9.63. The second kappa shape index (κ2) is 9.92. The number of benzene rings is 1. The van der Waals surface area contributed by atoms with E-state index in [0.29, 0.717) is 36.2 Å². The summed E-state index contributed by atoms with van der Waals surface area (Å²) in [4.78, 5) is 0. The van der Waals surface area contributed by atoms with E-state index in [2.05, 4.69) is 11.9 Å². The van der Waals surface area contributed by atoms with E-state index in [-0.39, 0.29) is 19.0 Å². The van der Waals surface area contributed by atoms with Crippen LogP contribution < -0.4 is 14.8 Å². The Bertz CT molecular complexity index is 400. The largest absolute Gasteiger partial charge is 0.493 e. The molecular formula is C13H19Cl2NO3. The fourth-order valence-electron chi connectivity index (χ4n) is 1.47. The van der Waals surface area contributed by atoms with Crippen LogP contribution in [0.1, 0.15) is 5.56 Å². The Morgan fingerprint density at radius 2 is 2.21 bits per heavy atom. The van der Waals surface area contributed by atoms with Crippen LogP contribution in [0.4, 0.5) is 0 Å². The molecule has 0 radical (unpaired) electrons. The molecule has 0 aliphatic heterocycles. The lowest BCUT2D eigenvalue weighted by Gasteiger charge is -2.13. The number of halogens is 2. The van der Waals surface area contributed by atoms with Gasteiger partial charge in [-0.2, -0.15) is 0 Å². The number of rotatable bonds is 8. The first kappa shape index (κ1) is 18.1. The van der Waals surface area contributed by atoms with Crippen LogP contribution in [0.5, 0.6) is 11.5 Å². The van der Waals surface area contributed by atoms with Crippen LogP contribution >= 0.6 is 24.0 Å². The van der Waals surface area contributed by atoms with Gasteiger partial charge in [0.1, 0.15) is 6.61 Å². The molecule has 0 atom stereocenters. The highest BCUT2D eigenvalue weighted by Gasteiger charge is 2.11. The van der Waals surface area contributed by atoms with Crippen molar-refractivity contribution >= 4 is 24.0 Å². The fraction of sp³-hybridized carbons (Fsp3) is 0.385. The quantitative estimate of drug-likeness (QED) is 0.572. The number of aliphatic hydroxyl groups is 1. The smallest absolute Gasteiger partial charge is 0.180 e. The van der Waals surface area contributed by atoms with Crippen LogP contribution in [0.2, 0.25) is 5.02 Å². The van der Waals surface area contributed by atoms with Gasteiger partial charge in [0.05, 0.1) is 18.7 Å². The van der Waals surface area contributed by atoms with Crippen LogP contribution in [-0.2, 0) is 6.54 Å². The maximum absolute atomic E-state index is 8.70. The lowest BCUT2D eigenvalue weighted by Crippen LogP contribution is -2.17. The number of hydrogen-bond acceptors (Lipinski definition) is 4. The van der Waals surface area contributed by atoms with E-state index < -0.39 is 0 Å². The monoisotopic (exact) mass is 307 g/mol.